The fourth-order valence-electron chi connectivity index (χ4n) is 1.30. The van der Waals surface area contributed by atoms with Gasteiger partial charge in [0.1, 0.15) is 0 Å². The maximum Gasteiger partial charge on any atom is 0.0930 e. The normalized spacial score (nSPS) is 10.3. The standard InChI is InChI=1S/C9H14P.C6H6O/c1-10(2,3)9-7-5-4-6-8-9;7-6-4-2-1-3-5-6/h4-8H,1-3H3;1-5,7H/q+1;/p-1. The molecule has 0 aliphatic rings. The van der Waals surface area contributed by atoms with Crippen LogP contribution in [0.4, 0.5) is 0 Å². The van der Waals surface area contributed by atoms with Crippen LogP contribution in [0.1, 0.15) is 0 Å². The average Bonchev–Trinajstić information content (AvgIpc) is 2.31. The van der Waals surface area contributed by atoms with E-state index < -0.39 is 7.26 Å². The molecule has 2 heteroatoms. The van der Waals surface area contributed by atoms with Crippen LogP contribution in [0.2, 0.25) is 0 Å². The number of hydrogen-bond donors (Lipinski definition) is 0. The van der Waals surface area contributed by atoms with Crippen LogP contribution in [-0.2, 0) is 0 Å². The lowest BCUT2D eigenvalue weighted by Gasteiger charge is -2.10. The Morgan fingerprint density at radius 1 is 0.706 bits per heavy atom. The van der Waals surface area contributed by atoms with Crippen LogP contribution < -0.4 is 10.4 Å². The molecule has 0 spiro atoms. The first-order valence-corrected chi connectivity index (χ1v) is 8.72. The molecule has 2 aromatic rings. The van der Waals surface area contributed by atoms with E-state index in [1.54, 1.807) is 12.1 Å². The number of rotatable bonds is 1. The van der Waals surface area contributed by atoms with Crippen molar-refractivity contribution in [2.24, 2.45) is 0 Å². The van der Waals surface area contributed by atoms with Gasteiger partial charge in [-0.15, -0.1) is 5.75 Å². The van der Waals surface area contributed by atoms with Gasteiger partial charge in [0.25, 0.3) is 0 Å². The largest absolute Gasteiger partial charge is 0.872 e. The van der Waals surface area contributed by atoms with Gasteiger partial charge < -0.3 is 5.11 Å². The van der Waals surface area contributed by atoms with Crippen LogP contribution in [0.25, 0.3) is 0 Å². The van der Waals surface area contributed by atoms with Gasteiger partial charge in [0.2, 0.25) is 0 Å². The van der Waals surface area contributed by atoms with E-state index in [9.17, 15) is 5.11 Å². The first-order valence-electron chi connectivity index (χ1n) is 5.59. The fraction of sp³-hybridized carbons (Fsp3) is 0.200. The number of hydrogen-bond acceptors (Lipinski definition) is 1. The predicted octanol–water partition coefficient (Wildman–Crippen LogP) is 2.98. The minimum Gasteiger partial charge on any atom is -0.872 e. The summed E-state index contributed by atoms with van der Waals surface area (Å²) in [5, 5.41) is 11.8. The Bertz CT molecular complexity index is 418. The highest BCUT2D eigenvalue weighted by Gasteiger charge is 2.19. The van der Waals surface area contributed by atoms with Gasteiger partial charge in [-0.3, -0.25) is 0 Å². The molecule has 0 saturated heterocycles. The lowest BCUT2D eigenvalue weighted by atomic mass is 10.3. The van der Waals surface area contributed by atoms with Crippen molar-refractivity contribution in [3.05, 3.63) is 60.7 Å². The third-order valence-corrected chi connectivity index (χ3v) is 4.12. The van der Waals surface area contributed by atoms with Crippen molar-refractivity contribution in [1.82, 2.24) is 0 Å². The Morgan fingerprint density at radius 3 is 1.35 bits per heavy atom. The molecular formula is C15H19OP. The second-order valence-corrected chi connectivity index (χ2v) is 9.20. The van der Waals surface area contributed by atoms with Crippen molar-refractivity contribution in [3.63, 3.8) is 0 Å². The van der Waals surface area contributed by atoms with Crippen LogP contribution >= 0.6 is 7.26 Å². The summed E-state index contributed by atoms with van der Waals surface area (Å²) in [6.45, 7) is 7.01. The molecular weight excluding hydrogens is 227 g/mol. The third-order valence-electron chi connectivity index (χ3n) is 2.27. The molecule has 2 rings (SSSR count). The molecule has 0 amide bonds. The molecule has 0 N–H and O–H groups in total. The van der Waals surface area contributed by atoms with Crippen molar-refractivity contribution in [3.8, 4) is 5.75 Å². The summed E-state index contributed by atoms with van der Waals surface area (Å²) >= 11 is 0. The second-order valence-electron chi connectivity index (χ2n) is 4.66. The van der Waals surface area contributed by atoms with Gasteiger partial charge in [-0.25, -0.2) is 0 Å². The zero-order chi connectivity index (χ0) is 12.7. The van der Waals surface area contributed by atoms with Gasteiger partial charge >= 0.3 is 0 Å². The molecule has 1 nitrogen and oxygen atoms in total. The molecule has 0 unspecified atom stereocenters. The lowest BCUT2D eigenvalue weighted by Crippen LogP contribution is -2.05. The summed E-state index contributed by atoms with van der Waals surface area (Å²) in [4.78, 5) is 0. The molecule has 0 atom stereocenters. The molecule has 2 aromatic carbocycles. The second kappa shape index (κ2) is 6.42. The summed E-state index contributed by atoms with van der Waals surface area (Å²) < 4.78 is 0. The monoisotopic (exact) mass is 246 g/mol. The van der Waals surface area contributed by atoms with E-state index in [0.717, 1.165) is 0 Å². The van der Waals surface area contributed by atoms with Crippen LogP contribution in [0.3, 0.4) is 0 Å². The zero-order valence-electron chi connectivity index (χ0n) is 10.6. The highest BCUT2D eigenvalue weighted by molar-refractivity contribution is 7.80. The molecule has 0 aromatic heterocycles. The average molecular weight is 246 g/mol. The Hall–Kier alpha value is -1.33. The Balaban J connectivity index is 0.000000181. The van der Waals surface area contributed by atoms with E-state index in [1.807, 2.05) is 6.07 Å². The van der Waals surface area contributed by atoms with E-state index in [1.165, 1.54) is 17.4 Å². The maximum absolute atomic E-state index is 10.3. The van der Waals surface area contributed by atoms with Gasteiger partial charge in [0.05, 0.1) is 25.3 Å². The summed E-state index contributed by atoms with van der Waals surface area (Å²) in [5.74, 6) is 0.0718. The van der Waals surface area contributed by atoms with Crippen molar-refractivity contribution < 1.29 is 5.11 Å². The van der Waals surface area contributed by atoms with Gasteiger partial charge in [-0.1, -0.05) is 48.5 Å². The zero-order valence-corrected chi connectivity index (χ0v) is 11.5. The molecule has 0 saturated carbocycles. The molecule has 0 bridgehead atoms. The molecule has 0 aliphatic carbocycles. The van der Waals surface area contributed by atoms with Crippen LogP contribution in [-0.4, -0.2) is 20.0 Å². The van der Waals surface area contributed by atoms with E-state index in [2.05, 4.69) is 50.3 Å². The topological polar surface area (TPSA) is 23.1 Å². The summed E-state index contributed by atoms with van der Waals surface area (Å²) in [6.07, 6.45) is 0. The molecule has 0 aliphatic heterocycles. The van der Waals surface area contributed by atoms with Crippen molar-refractivity contribution in [2.45, 2.75) is 0 Å². The summed E-state index contributed by atoms with van der Waals surface area (Å²) in [5.41, 5.74) is 0. The van der Waals surface area contributed by atoms with E-state index >= 15 is 0 Å². The maximum atomic E-state index is 10.3. The predicted molar refractivity (Wildman–Crippen MR) is 76.7 cm³/mol. The third kappa shape index (κ3) is 5.51. The fourth-order valence-corrected chi connectivity index (χ4v) is 2.36. The first-order chi connectivity index (χ1) is 8.00. The minimum absolute atomic E-state index is 0.0718. The smallest absolute Gasteiger partial charge is 0.0930 e. The Labute approximate surface area is 104 Å². The van der Waals surface area contributed by atoms with E-state index in [4.69, 9.17) is 0 Å². The van der Waals surface area contributed by atoms with E-state index in [0.29, 0.717) is 0 Å². The molecule has 0 fully saturated rings. The minimum atomic E-state index is -0.768. The lowest BCUT2D eigenvalue weighted by molar-refractivity contribution is -0.268. The molecule has 17 heavy (non-hydrogen) atoms. The summed E-state index contributed by atoms with van der Waals surface area (Å²) in [7, 11) is -0.768. The highest BCUT2D eigenvalue weighted by Crippen LogP contribution is 2.44. The quantitative estimate of drug-likeness (QED) is 0.709. The van der Waals surface area contributed by atoms with Crippen molar-refractivity contribution in [2.75, 3.05) is 20.0 Å². The van der Waals surface area contributed by atoms with Gasteiger partial charge in [-0.2, -0.15) is 0 Å². The first kappa shape index (κ1) is 13.7. The Morgan fingerprint density at radius 2 is 1.12 bits per heavy atom. The van der Waals surface area contributed by atoms with Crippen LogP contribution in [0.15, 0.2) is 60.7 Å². The van der Waals surface area contributed by atoms with Crippen LogP contribution in [0.5, 0.6) is 5.75 Å². The Kier molecular flexibility index (Phi) is 5.18. The van der Waals surface area contributed by atoms with Gasteiger partial charge in [0.15, 0.2) is 0 Å². The molecule has 0 heterocycles. The van der Waals surface area contributed by atoms with E-state index in [-0.39, 0.29) is 5.75 Å². The number of para-hydroxylation sites is 1. The molecule has 0 radical (unpaired) electrons. The van der Waals surface area contributed by atoms with Crippen molar-refractivity contribution >= 4 is 12.6 Å². The summed E-state index contributed by atoms with van der Waals surface area (Å²) in [6, 6.07) is 19.0. The number of benzene rings is 2. The SMILES string of the molecule is C[P+](C)(C)c1ccccc1.[O-]c1ccccc1. The van der Waals surface area contributed by atoms with Gasteiger partial charge in [-0.05, 0) is 12.1 Å². The van der Waals surface area contributed by atoms with Gasteiger partial charge in [0, 0.05) is 7.26 Å². The molecule has 90 valence electrons. The van der Waals surface area contributed by atoms with Crippen molar-refractivity contribution in [1.29, 1.82) is 0 Å². The van der Waals surface area contributed by atoms with Crippen LogP contribution in [0, 0.1) is 0 Å². The highest BCUT2D eigenvalue weighted by atomic mass is 31.2.